The molecular weight excluding hydrogens is 374 g/mol. The van der Waals surface area contributed by atoms with Crippen molar-refractivity contribution in [3.63, 3.8) is 0 Å². The number of nitrogens with zero attached hydrogens (tertiary/aromatic N) is 2. The van der Waals surface area contributed by atoms with Crippen LogP contribution < -0.4 is 10.5 Å². The molecule has 0 heterocycles. The predicted molar refractivity (Wildman–Crippen MR) is 86.4 cm³/mol. The fourth-order valence-corrected chi connectivity index (χ4v) is 2.28. The molecule has 0 radical (unpaired) electrons. The normalized spacial score (nSPS) is 11.1. The van der Waals surface area contributed by atoms with E-state index in [-0.39, 0.29) is 12.1 Å². The maximum absolute atomic E-state index is 13.6. The van der Waals surface area contributed by atoms with Gasteiger partial charge in [-0.05, 0) is 23.8 Å². The third-order valence-electron chi connectivity index (χ3n) is 3.47. The Bertz CT molecular complexity index is 869. The first kappa shape index (κ1) is 19.9. The van der Waals surface area contributed by atoms with Crippen LogP contribution >= 0.6 is 0 Å². The predicted octanol–water partition coefficient (Wildman–Crippen LogP) is 3.49. The quantitative estimate of drug-likeness (QED) is 0.367. The lowest BCUT2D eigenvalue weighted by molar-refractivity contribution is -0.384. The lowest BCUT2D eigenvalue weighted by Gasteiger charge is -2.18. The second kappa shape index (κ2) is 7.48. The Labute approximate surface area is 150 Å². The summed E-state index contributed by atoms with van der Waals surface area (Å²) in [5, 5.41) is 10.9. The maximum atomic E-state index is 13.6. The first-order valence-corrected chi connectivity index (χ1v) is 7.31. The van der Waals surface area contributed by atoms with Crippen molar-refractivity contribution in [3.8, 4) is 5.75 Å². The molecule has 11 heteroatoms. The first-order valence-electron chi connectivity index (χ1n) is 7.31. The molecule has 0 atom stereocenters. The zero-order chi connectivity index (χ0) is 20.4. The van der Waals surface area contributed by atoms with E-state index >= 15 is 0 Å². The van der Waals surface area contributed by atoms with Gasteiger partial charge < -0.3 is 15.4 Å². The molecule has 2 aromatic rings. The molecule has 0 saturated heterocycles. The molecule has 0 fully saturated rings. The molecule has 0 bridgehead atoms. The summed E-state index contributed by atoms with van der Waals surface area (Å²) in [4.78, 5) is 23.5. The molecule has 0 saturated carbocycles. The maximum Gasteiger partial charge on any atom is 0.573 e. The van der Waals surface area contributed by atoms with Crippen molar-refractivity contribution >= 4 is 17.3 Å². The van der Waals surface area contributed by atoms with E-state index in [0.29, 0.717) is 11.6 Å². The van der Waals surface area contributed by atoms with Crippen molar-refractivity contribution in [1.29, 1.82) is 0 Å². The molecule has 2 N–H and O–H groups in total. The Morgan fingerprint density at radius 2 is 1.85 bits per heavy atom. The van der Waals surface area contributed by atoms with Crippen molar-refractivity contribution in [3.05, 3.63) is 63.5 Å². The topological polar surface area (TPSA) is 98.7 Å². The van der Waals surface area contributed by atoms with Gasteiger partial charge in [-0.15, -0.1) is 13.2 Å². The van der Waals surface area contributed by atoms with Gasteiger partial charge in [-0.3, -0.25) is 14.9 Å². The highest BCUT2D eigenvalue weighted by Crippen LogP contribution is 2.28. The van der Waals surface area contributed by atoms with E-state index in [0.717, 1.165) is 23.1 Å². The van der Waals surface area contributed by atoms with Crippen LogP contribution in [0.4, 0.5) is 28.9 Å². The minimum Gasteiger partial charge on any atom is -0.406 e. The summed E-state index contributed by atoms with van der Waals surface area (Å²) in [5.41, 5.74) is 4.43. The SMILES string of the molecule is CN(Cc1ccc(OC(F)(F)F)cc1)C(=O)c1cc(F)cc([N+](=O)[O-])c1N. The standard InChI is InChI=1S/C16H13F4N3O4/c1-22(8-9-2-4-11(5-3-9)27-16(18,19)20)15(24)12-6-10(17)7-13(14(12)21)23(25)26/h2-7H,8,21H2,1H3. The van der Waals surface area contributed by atoms with Crippen LogP contribution in [-0.4, -0.2) is 29.1 Å². The Morgan fingerprint density at radius 1 is 1.26 bits per heavy atom. The molecule has 0 aliphatic heterocycles. The highest BCUT2D eigenvalue weighted by atomic mass is 19.4. The van der Waals surface area contributed by atoms with Gasteiger partial charge in [0.1, 0.15) is 17.3 Å². The number of alkyl halides is 3. The third-order valence-corrected chi connectivity index (χ3v) is 3.47. The number of nitro benzene ring substituents is 1. The summed E-state index contributed by atoms with van der Waals surface area (Å²) < 4.78 is 53.7. The molecule has 144 valence electrons. The van der Waals surface area contributed by atoms with Crippen LogP contribution in [0.3, 0.4) is 0 Å². The monoisotopic (exact) mass is 387 g/mol. The highest BCUT2D eigenvalue weighted by Gasteiger charge is 2.31. The number of nitrogens with two attached hydrogens (primary N) is 1. The summed E-state index contributed by atoms with van der Waals surface area (Å²) >= 11 is 0. The van der Waals surface area contributed by atoms with Gasteiger partial charge in [-0.25, -0.2) is 4.39 Å². The first-order chi connectivity index (χ1) is 12.5. The average molecular weight is 387 g/mol. The third kappa shape index (κ3) is 5.06. The van der Waals surface area contributed by atoms with Gasteiger partial charge in [0.2, 0.25) is 0 Å². The van der Waals surface area contributed by atoms with E-state index in [2.05, 4.69) is 4.74 Å². The van der Waals surface area contributed by atoms with Gasteiger partial charge in [0.25, 0.3) is 11.6 Å². The van der Waals surface area contributed by atoms with E-state index < -0.39 is 40.1 Å². The number of hydrogen-bond acceptors (Lipinski definition) is 5. The number of carbonyl (C=O) groups excluding carboxylic acids is 1. The molecule has 27 heavy (non-hydrogen) atoms. The van der Waals surface area contributed by atoms with Crippen molar-refractivity contribution in [2.24, 2.45) is 0 Å². The largest absolute Gasteiger partial charge is 0.573 e. The highest BCUT2D eigenvalue weighted by molar-refractivity contribution is 6.00. The zero-order valence-corrected chi connectivity index (χ0v) is 13.8. The van der Waals surface area contributed by atoms with Crippen LogP contribution in [0.5, 0.6) is 5.75 Å². The van der Waals surface area contributed by atoms with Crippen LogP contribution in [0.1, 0.15) is 15.9 Å². The van der Waals surface area contributed by atoms with Crippen LogP contribution in [0.2, 0.25) is 0 Å². The Morgan fingerprint density at radius 3 is 2.37 bits per heavy atom. The minimum atomic E-state index is -4.82. The number of nitro groups is 1. The molecule has 7 nitrogen and oxygen atoms in total. The van der Waals surface area contributed by atoms with Gasteiger partial charge in [0, 0.05) is 13.6 Å². The second-order valence-electron chi connectivity index (χ2n) is 5.50. The molecule has 0 aromatic heterocycles. The van der Waals surface area contributed by atoms with Crippen molar-refractivity contribution in [2.45, 2.75) is 12.9 Å². The van der Waals surface area contributed by atoms with Gasteiger partial charge in [0.05, 0.1) is 16.6 Å². The molecular formula is C16H13F4N3O4. The van der Waals surface area contributed by atoms with Gasteiger partial charge in [-0.2, -0.15) is 0 Å². The summed E-state index contributed by atoms with van der Waals surface area (Å²) in [7, 11) is 1.33. The number of carbonyl (C=O) groups is 1. The van der Waals surface area contributed by atoms with Gasteiger partial charge >= 0.3 is 6.36 Å². The summed E-state index contributed by atoms with van der Waals surface area (Å²) in [5.74, 6) is -2.21. The molecule has 0 spiro atoms. The van der Waals surface area contributed by atoms with Crippen molar-refractivity contribution in [2.75, 3.05) is 12.8 Å². The number of anilines is 1. The second-order valence-corrected chi connectivity index (χ2v) is 5.50. The zero-order valence-electron chi connectivity index (χ0n) is 13.8. The number of rotatable bonds is 5. The van der Waals surface area contributed by atoms with E-state index in [1.165, 1.54) is 19.2 Å². The summed E-state index contributed by atoms with van der Waals surface area (Å²) in [6, 6.07) is 6.14. The molecule has 1 amide bonds. The summed E-state index contributed by atoms with van der Waals surface area (Å²) in [6.07, 6.45) is -4.82. The fourth-order valence-electron chi connectivity index (χ4n) is 2.28. The molecule has 0 aliphatic carbocycles. The van der Waals surface area contributed by atoms with Gasteiger partial charge in [-0.1, -0.05) is 12.1 Å². The molecule has 0 aliphatic rings. The smallest absolute Gasteiger partial charge is 0.406 e. The van der Waals surface area contributed by atoms with E-state index in [1.807, 2.05) is 0 Å². The van der Waals surface area contributed by atoms with Crippen LogP contribution in [0.25, 0.3) is 0 Å². The molecule has 0 unspecified atom stereocenters. The lowest BCUT2D eigenvalue weighted by Crippen LogP contribution is -2.27. The Hall–Kier alpha value is -3.37. The number of hydrogen-bond donors (Lipinski definition) is 1. The van der Waals surface area contributed by atoms with Crippen molar-refractivity contribution in [1.82, 2.24) is 4.90 Å². The van der Waals surface area contributed by atoms with Crippen molar-refractivity contribution < 1.29 is 32.0 Å². The number of nitrogen functional groups attached to an aromatic ring is 1. The fraction of sp³-hybridized carbons (Fsp3) is 0.188. The lowest BCUT2D eigenvalue weighted by atomic mass is 10.1. The van der Waals surface area contributed by atoms with Crippen LogP contribution in [0, 0.1) is 15.9 Å². The molecule has 2 aromatic carbocycles. The number of halogens is 4. The number of benzene rings is 2. The van der Waals surface area contributed by atoms with Gasteiger partial charge in [0.15, 0.2) is 0 Å². The van der Waals surface area contributed by atoms with E-state index in [1.54, 1.807) is 0 Å². The summed E-state index contributed by atoms with van der Waals surface area (Å²) in [6.45, 7) is -0.0606. The average Bonchev–Trinajstić information content (AvgIpc) is 2.56. The number of ether oxygens (including phenoxy) is 1. The Kier molecular flexibility index (Phi) is 5.52. The minimum absolute atomic E-state index is 0.0606. The van der Waals surface area contributed by atoms with E-state index in [9.17, 15) is 32.5 Å². The Balaban J connectivity index is 2.18. The number of amides is 1. The van der Waals surface area contributed by atoms with Crippen LogP contribution in [0.15, 0.2) is 36.4 Å². The van der Waals surface area contributed by atoms with Crippen LogP contribution in [-0.2, 0) is 6.54 Å². The van der Waals surface area contributed by atoms with E-state index in [4.69, 9.17) is 5.73 Å². The molecule has 2 rings (SSSR count).